The Morgan fingerprint density at radius 1 is 1.27 bits per heavy atom. The Labute approximate surface area is 173 Å². The van der Waals surface area contributed by atoms with Gasteiger partial charge in [-0.2, -0.15) is 36.7 Å². The van der Waals surface area contributed by atoms with Crippen molar-refractivity contribution in [2.45, 2.75) is 18.5 Å². The Morgan fingerprint density at radius 2 is 1.80 bits per heavy atom. The first kappa shape index (κ1) is 23.4. The zero-order valence-corrected chi connectivity index (χ0v) is 16.0. The largest absolute Gasteiger partial charge is 0.431 e. The van der Waals surface area contributed by atoms with Crippen molar-refractivity contribution >= 4 is 35.1 Å². The molecular weight excluding hydrogens is 467 g/mol. The molecule has 15 heteroatoms. The standard InChI is InChI=1S/C15H9Cl2F6N5O2/c1-26-13(29)30-11(15(21,22)23)9-8(4-24)27-28(12(9)25)10-6(16)2-5(3-7(10)17)14(18,19)20/h2-3,11H,25H2,1H3,(H,26,29). The van der Waals surface area contributed by atoms with Gasteiger partial charge in [0.1, 0.15) is 17.6 Å². The molecule has 3 N–H and O–H groups in total. The molecule has 0 aliphatic heterocycles. The molecule has 0 saturated carbocycles. The zero-order valence-electron chi connectivity index (χ0n) is 14.5. The average molecular weight is 476 g/mol. The number of hydrogen-bond acceptors (Lipinski definition) is 5. The van der Waals surface area contributed by atoms with Gasteiger partial charge in [-0.25, -0.2) is 9.48 Å². The number of ether oxygens (including phenoxy) is 1. The third-order valence-electron chi connectivity index (χ3n) is 3.61. The monoisotopic (exact) mass is 475 g/mol. The SMILES string of the molecule is CNC(=O)OC(c1c(C#N)nn(-c2c(Cl)cc(C(F)(F)F)cc2Cl)c1N)C(F)(F)F. The van der Waals surface area contributed by atoms with Gasteiger partial charge in [-0.15, -0.1) is 0 Å². The number of carbonyl (C=O) groups excluding carboxylic acids is 1. The van der Waals surface area contributed by atoms with Crippen molar-refractivity contribution in [3.63, 3.8) is 0 Å². The summed E-state index contributed by atoms with van der Waals surface area (Å²) >= 11 is 11.7. The molecule has 1 aromatic heterocycles. The summed E-state index contributed by atoms with van der Waals surface area (Å²) < 4.78 is 83.8. The second kappa shape index (κ2) is 8.11. The number of hydrogen-bond donors (Lipinski definition) is 2. The second-order valence-electron chi connectivity index (χ2n) is 5.53. The average Bonchev–Trinajstić information content (AvgIpc) is 2.93. The molecule has 162 valence electrons. The predicted molar refractivity (Wildman–Crippen MR) is 92.1 cm³/mol. The van der Waals surface area contributed by atoms with Crippen LogP contribution in [0.15, 0.2) is 12.1 Å². The minimum atomic E-state index is -5.21. The third kappa shape index (κ3) is 4.49. The molecule has 7 nitrogen and oxygen atoms in total. The van der Waals surface area contributed by atoms with Gasteiger partial charge in [0.15, 0.2) is 5.69 Å². The summed E-state index contributed by atoms with van der Waals surface area (Å²) in [4.78, 5) is 11.3. The van der Waals surface area contributed by atoms with Crippen LogP contribution in [0.4, 0.5) is 37.0 Å². The summed E-state index contributed by atoms with van der Waals surface area (Å²) in [5.74, 6) is -0.874. The zero-order chi connectivity index (χ0) is 23.0. The number of nitrogen functional groups attached to an aromatic ring is 1. The van der Waals surface area contributed by atoms with Crippen LogP contribution < -0.4 is 11.1 Å². The van der Waals surface area contributed by atoms with Crippen molar-refractivity contribution in [3.8, 4) is 11.8 Å². The van der Waals surface area contributed by atoms with E-state index >= 15 is 0 Å². The van der Waals surface area contributed by atoms with Crippen molar-refractivity contribution in [2.24, 2.45) is 0 Å². The number of carbonyl (C=O) groups is 1. The molecule has 30 heavy (non-hydrogen) atoms. The Hall–Kier alpha value is -2.85. The van der Waals surface area contributed by atoms with Gasteiger partial charge in [-0.05, 0) is 12.1 Å². The van der Waals surface area contributed by atoms with E-state index in [1.165, 1.54) is 6.07 Å². The number of rotatable bonds is 3. The molecule has 1 aromatic carbocycles. The number of alkyl carbamates (subject to hydrolysis) is 1. The summed E-state index contributed by atoms with van der Waals surface area (Å²) in [6, 6.07) is 2.27. The number of halogens is 8. The molecule has 0 aliphatic rings. The smallest absolute Gasteiger partial charge is 0.430 e. The van der Waals surface area contributed by atoms with Crippen LogP contribution in [-0.2, 0) is 10.9 Å². The van der Waals surface area contributed by atoms with E-state index < -0.39 is 62.9 Å². The molecule has 0 saturated heterocycles. The highest BCUT2D eigenvalue weighted by Gasteiger charge is 2.48. The topological polar surface area (TPSA) is 106 Å². The highest BCUT2D eigenvalue weighted by atomic mass is 35.5. The van der Waals surface area contributed by atoms with Crippen LogP contribution in [0.1, 0.15) is 22.9 Å². The third-order valence-corrected chi connectivity index (χ3v) is 4.19. The van der Waals surface area contributed by atoms with Crippen LogP contribution in [0.3, 0.4) is 0 Å². The number of nitrogens with two attached hydrogens (primary N) is 1. The van der Waals surface area contributed by atoms with E-state index in [2.05, 4.69) is 9.84 Å². The number of nitrogens with zero attached hydrogens (tertiary/aromatic N) is 3. The maximum Gasteiger partial charge on any atom is 0.430 e. The maximum atomic E-state index is 13.5. The summed E-state index contributed by atoms with van der Waals surface area (Å²) in [6.07, 6.45) is -14.5. The van der Waals surface area contributed by atoms with Gasteiger partial charge in [0.25, 0.3) is 0 Å². The van der Waals surface area contributed by atoms with Crippen molar-refractivity contribution < 1.29 is 35.9 Å². The van der Waals surface area contributed by atoms with Crippen LogP contribution in [0.25, 0.3) is 5.69 Å². The first-order valence-corrected chi connectivity index (χ1v) is 8.28. The minimum absolute atomic E-state index is 0.456. The Balaban J connectivity index is 2.74. The van der Waals surface area contributed by atoms with Crippen molar-refractivity contribution in [1.29, 1.82) is 5.26 Å². The van der Waals surface area contributed by atoms with Crippen LogP contribution in [-0.4, -0.2) is 29.1 Å². The normalized spacial score (nSPS) is 12.9. The van der Waals surface area contributed by atoms with Crippen molar-refractivity contribution in [1.82, 2.24) is 15.1 Å². The summed E-state index contributed by atoms with van der Waals surface area (Å²) in [7, 11) is 0.996. The maximum absolute atomic E-state index is 13.5. The van der Waals surface area contributed by atoms with Gasteiger partial charge in [0, 0.05) is 7.05 Å². The van der Waals surface area contributed by atoms with Crippen molar-refractivity contribution in [2.75, 3.05) is 12.8 Å². The van der Waals surface area contributed by atoms with E-state index in [0.29, 0.717) is 16.8 Å². The molecule has 0 spiro atoms. The number of amides is 1. The molecule has 1 unspecified atom stereocenters. The molecular formula is C15H9Cl2F6N5O2. The molecule has 1 amide bonds. The number of alkyl halides is 6. The highest BCUT2D eigenvalue weighted by molar-refractivity contribution is 6.38. The number of aromatic nitrogens is 2. The van der Waals surface area contributed by atoms with E-state index in [9.17, 15) is 36.4 Å². The first-order valence-electron chi connectivity index (χ1n) is 7.52. The lowest BCUT2D eigenvalue weighted by molar-refractivity contribution is -0.206. The van der Waals surface area contributed by atoms with Crippen LogP contribution in [0.2, 0.25) is 10.0 Å². The number of nitriles is 1. The molecule has 2 aromatic rings. The number of benzene rings is 1. The van der Waals surface area contributed by atoms with E-state index in [1.54, 1.807) is 0 Å². The van der Waals surface area contributed by atoms with Gasteiger partial charge >= 0.3 is 18.4 Å². The second-order valence-corrected chi connectivity index (χ2v) is 6.35. The summed E-state index contributed by atoms with van der Waals surface area (Å²) in [6.45, 7) is 0. The first-order chi connectivity index (χ1) is 13.7. The highest BCUT2D eigenvalue weighted by Crippen LogP contribution is 2.43. The van der Waals surface area contributed by atoms with Crippen molar-refractivity contribution in [3.05, 3.63) is 39.0 Å². The van der Waals surface area contributed by atoms with Crippen LogP contribution in [0, 0.1) is 11.3 Å². The number of anilines is 1. The van der Waals surface area contributed by atoms with Gasteiger partial charge in [-0.3, -0.25) is 0 Å². The summed E-state index contributed by atoms with van der Waals surface area (Å²) in [5.41, 5.74) is 1.99. The molecule has 0 radical (unpaired) electrons. The Bertz CT molecular complexity index is 1010. The van der Waals surface area contributed by atoms with E-state index in [0.717, 1.165) is 7.05 Å². The molecule has 1 atom stereocenters. The lowest BCUT2D eigenvalue weighted by Gasteiger charge is -2.20. The van der Waals surface area contributed by atoms with E-state index in [4.69, 9.17) is 28.9 Å². The predicted octanol–water partition coefficient (Wildman–Crippen LogP) is 4.61. The molecule has 2 rings (SSSR count). The van der Waals surface area contributed by atoms with Gasteiger partial charge < -0.3 is 15.8 Å². The van der Waals surface area contributed by atoms with Crippen LogP contribution in [0.5, 0.6) is 0 Å². The van der Waals surface area contributed by atoms with Gasteiger partial charge in [-0.1, -0.05) is 23.2 Å². The van der Waals surface area contributed by atoms with E-state index in [1.807, 2.05) is 5.32 Å². The molecule has 1 heterocycles. The lowest BCUT2D eigenvalue weighted by Crippen LogP contribution is -2.31. The number of nitrogens with one attached hydrogen (secondary N) is 1. The van der Waals surface area contributed by atoms with Gasteiger partial charge in [0.2, 0.25) is 6.10 Å². The quantitative estimate of drug-likeness (QED) is 0.630. The fraction of sp³-hybridized carbons (Fsp3) is 0.267. The van der Waals surface area contributed by atoms with Gasteiger partial charge in [0.05, 0.1) is 21.2 Å². The minimum Gasteiger partial charge on any atom is -0.431 e. The van der Waals surface area contributed by atoms with Crippen LogP contribution >= 0.6 is 23.2 Å². The fourth-order valence-electron chi connectivity index (χ4n) is 2.34. The Kier molecular flexibility index (Phi) is 6.34. The molecule has 0 bridgehead atoms. The summed E-state index contributed by atoms with van der Waals surface area (Å²) in [5, 5.41) is 13.2. The molecule has 0 aliphatic carbocycles. The molecule has 0 fully saturated rings. The lowest BCUT2D eigenvalue weighted by atomic mass is 10.1. The van der Waals surface area contributed by atoms with E-state index in [-0.39, 0.29) is 0 Å². The Morgan fingerprint density at radius 3 is 2.20 bits per heavy atom. The fourth-order valence-corrected chi connectivity index (χ4v) is 2.99.